The molecular formula is C24H21BrN2O2S. The third kappa shape index (κ3) is 4.50. The minimum Gasteiger partial charge on any atom is -0.497 e. The summed E-state index contributed by atoms with van der Waals surface area (Å²) in [6, 6.07) is 24.2. The first-order valence-corrected chi connectivity index (χ1v) is 11.1. The van der Waals surface area contributed by atoms with Gasteiger partial charge < -0.3 is 14.0 Å². The van der Waals surface area contributed by atoms with E-state index in [4.69, 9.17) is 14.5 Å². The van der Waals surface area contributed by atoms with Gasteiger partial charge in [0.1, 0.15) is 11.5 Å². The highest BCUT2D eigenvalue weighted by atomic mass is 79.9. The van der Waals surface area contributed by atoms with E-state index >= 15 is 0 Å². The fraction of sp³-hybridized carbons (Fsp3) is 0.125. The Hall–Kier alpha value is -2.83. The highest BCUT2D eigenvalue weighted by Crippen LogP contribution is 2.27. The molecule has 0 aliphatic rings. The van der Waals surface area contributed by atoms with Gasteiger partial charge >= 0.3 is 0 Å². The van der Waals surface area contributed by atoms with Crippen LogP contribution in [-0.4, -0.2) is 18.8 Å². The molecule has 0 aliphatic carbocycles. The molecule has 1 aromatic heterocycles. The van der Waals surface area contributed by atoms with E-state index in [1.807, 2.05) is 48.5 Å². The van der Waals surface area contributed by atoms with Gasteiger partial charge in [0.2, 0.25) is 0 Å². The average molecular weight is 481 g/mol. The van der Waals surface area contributed by atoms with Crippen molar-refractivity contribution in [1.82, 2.24) is 4.57 Å². The third-order valence-electron chi connectivity index (χ3n) is 4.73. The maximum absolute atomic E-state index is 5.41. The Kier molecular flexibility index (Phi) is 6.35. The molecule has 0 aliphatic heterocycles. The molecule has 4 aromatic rings. The number of nitrogens with zero attached hydrogens (tertiary/aromatic N) is 2. The summed E-state index contributed by atoms with van der Waals surface area (Å²) in [5.74, 6) is 1.69. The van der Waals surface area contributed by atoms with Crippen LogP contribution in [0.5, 0.6) is 11.5 Å². The minimum atomic E-state index is 0.686. The molecular weight excluding hydrogens is 460 g/mol. The van der Waals surface area contributed by atoms with E-state index in [2.05, 4.69) is 50.1 Å². The Morgan fingerprint density at radius 2 is 1.67 bits per heavy atom. The molecule has 0 unspecified atom stereocenters. The van der Waals surface area contributed by atoms with E-state index in [-0.39, 0.29) is 0 Å². The maximum Gasteiger partial charge on any atom is 0.190 e. The van der Waals surface area contributed by atoms with Gasteiger partial charge in [0.25, 0.3) is 0 Å². The molecule has 0 spiro atoms. The summed E-state index contributed by atoms with van der Waals surface area (Å²) in [7, 11) is 3.37. The molecule has 0 radical (unpaired) electrons. The summed E-state index contributed by atoms with van der Waals surface area (Å²) in [6.45, 7) is 0.686. The molecule has 152 valence electrons. The summed E-state index contributed by atoms with van der Waals surface area (Å²) in [5.41, 5.74) is 4.27. The Bertz CT molecular complexity index is 1210. The molecule has 0 saturated heterocycles. The summed E-state index contributed by atoms with van der Waals surface area (Å²) in [4.78, 5) is 5.86. The number of hydrogen-bond donors (Lipinski definition) is 0. The van der Waals surface area contributed by atoms with E-state index in [0.717, 1.165) is 43.3 Å². The van der Waals surface area contributed by atoms with Crippen molar-refractivity contribution in [3.05, 3.63) is 93.0 Å². The lowest BCUT2D eigenvalue weighted by molar-refractivity contribution is 0.414. The highest BCUT2D eigenvalue weighted by molar-refractivity contribution is 9.10. The summed E-state index contributed by atoms with van der Waals surface area (Å²) in [6.07, 6.45) is 0. The topological polar surface area (TPSA) is 35.8 Å². The number of ether oxygens (including phenoxy) is 2. The number of aromatic nitrogens is 1. The fourth-order valence-electron chi connectivity index (χ4n) is 3.16. The predicted octanol–water partition coefficient (Wildman–Crippen LogP) is 6.28. The summed E-state index contributed by atoms with van der Waals surface area (Å²) in [5, 5.41) is 2.15. The molecule has 4 nitrogen and oxygen atoms in total. The van der Waals surface area contributed by atoms with Gasteiger partial charge in [0, 0.05) is 9.85 Å². The van der Waals surface area contributed by atoms with Crippen molar-refractivity contribution in [2.45, 2.75) is 6.54 Å². The van der Waals surface area contributed by atoms with Gasteiger partial charge in [-0.05, 0) is 75.6 Å². The van der Waals surface area contributed by atoms with Crippen molar-refractivity contribution >= 4 is 33.0 Å². The lowest BCUT2D eigenvalue weighted by Crippen LogP contribution is -2.16. The van der Waals surface area contributed by atoms with Crippen LogP contribution in [0.25, 0.3) is 11.3 Å². The fourth-order valence-corrected chi connectivity index (χ4v) is 4.46. The second-order valence-corrected chi connectivity index (χ2v) is 8.32. The first-order valence-electron chi connectivity index (χ1n) is 9.43. The van der Waals surface area contributed by atoms with E-state index < -0.39 is 0 Å². The maximum atomic E-state index is 5.41. The van der Waals surface area contributed by atoms with Crippen molar-refractivity contribution in [2.75, 3.05) is 14.2 Å². The molecule has 6 heteroatoms. The predicted molar refractivity (Wildman–Crippen MR) is 126 cm³/mol. The summed E-state index contributed by atoms with van der Waals surface area (Å²) < 4.78 is 13.9. The first kappa shape index (κ1) is 20.4. The number of thiazole rings is 1. The van der Waals surface area contributed by atoms with Crippen LogP contribution in [0, 0.1) is 0 Å². The molecule has 3 aromatic carbocycles. The summed E-state index contributed by atoms with van der Waals surface area (Å²) >= 11 is 5.23. The first-order chi connectivity index (χ1) is 14.7. The van der Waals surface area contributed by atoms with Crippen molar-refractivity contribution < 1.29 is 9.47 Å². The molecule has 4 rings (SSSR count). The Labute approximate surface area is 188 Å². The zero-order valence-electron chi connectivity index (χ0n) is 16.7. The molecule has 30 heavy (non-hydrogen) atoms. The second kappa shape index (κ2) is 9.32. The largest absolute Gasteiger partial charge is 0.497 e. The van der Waals surface area contributed by atoms with Gasteiger partial charge in [-0.1, -0.05) is 24.3 Å². The second-order valence-electron chi connectivity index (χ2n) is 6.63. The number of rotatable bonds is 6. The van der Waals surface area contributed by atoms with Crippen LogP contribution in [0.4, 0.5) is 5.69 Å². The van der Waals surface area contributed by atoms with Gasteiger partial charge in [0.05, 0.1) is 32.1 Å². The number of methoxy groups -OCH3 is 2. The van der Waals surface area contributed by atoms with Crippen molar-refractivity contribution in [3.63, 3.8) is 0 Å². The Balaban J connectivity index is 1.84. The van der Waals surface area contributed by atoms with Crippen LogP contribution in [0.1, 0.15) is 5.56 Å². The van der Waals surface area contributed by atoms with Crippen LogP contribution in [0.3, 0.4) is 0 Å². The normalized spacial score (nSPS) is 11.5. The Morgan fingerprint density at radius 3 is 2.40 bits per heavy atom. The van der Waals surface area contributed by atoms with Crippen molar-refractivity contribution in [2.24, 2.45) is 4.99 Å². The number of benzene rings is 3. The van der Waals surface area contributed by atoms with Crippen molar-refractivity contribution in [1.29, 1.82) is 0 Å². The van der Waals surface area contributed by atoms with E-state index in [1.54, 1.807) is 25.6 Å². The van der Waals surface area contributed by atoms with Gasteiger partial charge in [-0.3, -0.25) is 0 Å². The van der Waals surface area contributed by atoms with E-state index in [0.29, 0.717) is 6.54 Å². The van der Waals surface area contributed by atoms with Gasteiger partial charge in [-0.2, -0.15) is 0 Å². The zero-order chi connectivity index (χ0) is 20.9. The zero-order valence-corrected chi connectivity index (χ0v) is 19.1. The lowest BCUT2D eigenvalue weighted by Gasteiger charge is -2.11. The number of para-hydroxylation sites is 1. The smallest absolute Gasteiger partial charge is 0.190 e. The highest BCUT2D eigenvalue weighted by Gasteiger charge is 2.10. The SMILES string of the molecule is COc1ccc(-c2csc(=Nc3ccccc3Br)n2Cc2cccc(OC)c2)cc1. The Morgan fingerprint density at radius 1 is 0.900 bits per heavy atom. The molecule has 0 bridgehead atoms. The van der Waals surface area contributed by atoms with Crippen molar-refractivity contribution in [3.8, 4) is 22.8 Å². The molecule has 0 atom stereocenters. The quantitative estimate of drug-likeness (QED) is 0.325. The lowest BCUT2D eigenvalue weighted by atomic mass is 10.1. The van der Waals surface area contributed by atoms with Crippen LogP contribution in [-0.2, 0) is 6.54 Å². The van der Waals surface area contributed by atoms with Crippen LogP contribution >= 0.6 is 27.3 Å². The molecule has 0 N–H and O–H groups in total. The number of hydrogen-bond acceptors (Lipinski definition) is 4. The standard InChI is InChI=1S/C24H21BrN2O2S/c1-28-19-12-10-18(11-13-19)23-16-30-24(26-22-9-4-3-8-21(22)25)27(23)15-17-6-5-7-20(14-17)29-2/h3-14,16H,15H2,1-2H3. The third-order valence-corrected chi connectivity index (χ3v) is 6.26. The van der Waals surface area contributed by atoms with Gasteiger partial charge in [-0.15, -0.1) is 11.3 Å². The van der Waals surface area contributed by atoms with Crippen LogP contribution in [0.2, 0.25) is 0 Å². The molecule has 1 heterocycles. The van der Waals surface area contributed by atoms with Gasteiger partial charge in [0.15, 0.2) is 4.80 Å². The molecule has 0 fully saturated rings. The van der Waals surface area contributed by atoms with Gasteiger partial charge in [-0.25, -0.2) is 4.99 Å². The minimum absolute atomic E-state index is 0.686. The average Bonchev–Trinajstić information content (AvgIpc) is 3.17. The monoisotopic (exact) mass is 480 g/mol. The van der Waals surface area contributed by atoms with Crippen LogP contribution in [0.15, 0.2) is 87.6 Å². The van der Waals surface area contributed by atoms with E-state index in [1.165, 1.54) is 0 Å². The van der Waals surface area contributed by atoms with Crippen LogP contribution < -0.4 is 14.3 Å². The molecule has 0 saturated carbocycles. The molecule has 0 amide bonds. The number of halogens is 1. The van der Waals surface area contributed by atoms with E-state index in [9.17, 15) is 0 Å².